The summed E-state index contributed by atoms with van der Waals surface area (Å²) in [4.78, 5) is 16.5. The largest absolute Gasteiger partial charge is 0.369 e. The highest BCUT2D eigenvalue weighted by molar-refractivity contribution is 6.11. The van der Waals surface area contributed by atoms with Crippen molar-refractivity contribution in [1.29, 1.82) is 0 Å². The highest BCUT2D eigenvalue weighted by Gasteiger charge is 2.29. The van der Waals surface area contributed by atoms with Crippen molar-refractivity contribution in [2.24, 2.45) is 5.73 Å². The summed E-state index contributed by atoms with van der Waals surface area (Å²) in [5, 5.41) is 4.98. The number of aromatic nitrogens is 1. The van der Waals surface area contributed by atoms with E-state index in [4.69, 9.17) is 5.73 Å². The molecule has 0 bridgehead atoms. The topological polar surface area (TPSA) is 56.0 Å². The quantitative estimate of drug-likeness (QED) is 0.549. The van der Waals surface area contributed by atoms with Crippen LogP contribution < -0.4 is 5.73 Å². The fraction of sp³-hybridized carbons (Fsp3) is 0.0833. The monoisotopic (exact) mass is 350 g/mol. The van der Waals surface area contributed by atoms with E-state index < -0.39 is 5.92 Å². The van der Waals surface area contributed by atoms with Gasteiger partial charge in [-0.05, 0) is 56.3 Å². The second-order valence-electron chi connectivity index (χ2n) is 6.96. The van der Waals surface area contributed by atoms with Gasteiger partial charge in [-0.1, -0.05) is 60.7 Å². The standard InChI is InChI=1S/C24H18N2O/c25-24(27)23(16-5-3-13-26-14-16)22-12-11-20-19-8-7-15-4-1-2-6-17(15)18(19)9-10-21(20)22/h1-10,12-14,23H,11H2,(H2,25,27). The molecule has 1 aromatic heterocycles. The average Bonchev–Trinajstić information content (AvgIpc) is 3.12. The first-order valence-corrected chi connectivity index (χ1v) is 9.07. The Bertz CT molecular complexity index is 1230. The van der Waals surface area contributed by atoms with Crippen LogP contribution in [-0.4, -0.2) is 10.9 Å². The molecule has 1 heterocycles. The Morgan fingerprint density at radius 1 is 0.926 bits per heavy atom. The molecule has 1 amide bonds. The summed E-state index contributed by atoms with van der Waals surface area (Å²) in [6, 6.07) is 20.8. The highest BCUT2D eigenvalue weighted by atomic mass is 16.1. The van der Waals surface area contributed by atoms with Crippen molar-refractivity contribution in [3.05, 3.63) is 95.8 Å². The number of hydrogen-bond acceptors (Lipinski definition) is 2. The molecule has 0 saturated heterocycles. The number of benzene rings is 3. The summed E-state index contributed by atoms with van der Waals surface area (Å²) in [7, 11) is 0. The molecule has 0 radical (unpaired) electrons. The van der Waals surface area contributed by atoms with Crippen LogP contribution in [0.3, 0.4) is 0 Å². The summed E-state index contributed by atoms with van der Waals surface area (Å²) in [6.45, 7) is 0. The van der Waals surface area contributed by atoms with E-state index in [1.54, 1.807) is 12.4 Å². The lowest BCUT2D eigenvalue weighted by molar-refractivity contribution is -0.118. The first-order chi connectivity index (χ1) is 13.2. The molecule has 0 aliphatic heterocycles. The zero-order valence-electron chi connectivity index (χ0n) is 14.7. The predicted molar refractivity (Wildman–Crippen MR) is 109 cm³/mol. The van der Waals surface area contributed by atoms with Gasteiger partial charge in [0.15, 0.2) is 0 Å². The van der Waals surface area contributed by atoms with Crippen molar-refractivity contribution in [1.82, 2.24) is 4.98 Å². The molecule has 1 aliphatic rings. The Morgan fingerprint density at radius 2 is 1.78 bits per heavy atom. The van der Waals surface area contributed by atoms with Gasteiger partial charge in [-0.15, -0.1) is 0 Å². The number of nitrogens with two attached hydrogens (primary N) is 1. The Morgan fingerprint density at radius 3 is 2.59 bits per heavy atom. The smallest absolute Gasteiger partial charge is 0.229 e. The van der Waals surface area contributed by atoms with Gasteiger partial charge in [0.05, 0.1) is 5.92 Å². The Balaban J connectivity index is 1.69. The van der Waals surface area contributed by atoms with Gasteiger partial charge in [-0.3, -0.25) is 9.78 Å². The summed E-state index contributed by atoms with van der Waals surface area (Å²) >= 11 is 0. The van der Waals surface area contributed by atoms with Crippen molar-refractivity contribution >= 4 is 33.0 Å². The zero-order chi connectivity index (χ0) is 18.4. The molecule has 2 N–H and O–H groups in total. The minimum Gasteiger partial charge on any atom is -0.369 e. The molecular weight excluding hydrogens is 332 g/mol. The van der Waals surface area contributed by atoms with Gasteiger partial charge < -0.3 is 5.73 Å². The normalized spacial score (nSPS) is 14.1. The first kappa shape index (κ1) is 15.8. The molecule has 0 saturated carbocycles. The van der Waals surface area contributed by atoms with E-state index in [-0.39, 0.29) is 5.91 Å². The number of primary amides is 1. The Labute approximate surface area is 157 Å². The van der Waals surface area contributed by atoms with Gasteiger partial charge >= 0.3 is 0 Å². The molecule has 0 spiro atoms. The summed E-state index contributed by atoms with van der Waals surface area (Å²) in [5.41, 5.74) is 9.99. The third kappa shape index (κ3) is 2.43. The van der Waals surface area contributed by atoms with Crippen LogP contribution >= 0.6 is 0 Å². The van der Waals surface area contributed by atoms with E-state index >= 15 is 0 Å². The van der Waals surface area contributed by atoms with Crippen LogP contribution in [0.25, 0.3) is 27.1 Å². The maximum Gasteiger partial charge on any atom is 0.229 e. The minimum atomic E-state index is -0.474. The summed E-state index contributed by atoms with van der Waals surface area (Å²) in [6.07, 6.45) is 6.38. The molecule has 3 heteroatoms. The molecule has 5 rings (SSSR count). The number of pyridine rings is 1. The summed E-state index contributed by atoms with van der Waals surface area (Å²) < 4.78 is 0. The number of hydrogen-bond donors (Lipinski definition) is 1. The van der Waals surface area contributed by atoms with Gasteiger partial charge in [-0.2, -0.15) is 0 Å². The van der Waals surface area contributed by atoms with Crippen LogP contribution in [0.15, 0.2) is 79.1 Å². The molecular formula is C24H18N2O. The van der Waals surface area contributed by atoms with Crippen molar-refractivity contribution in [3.8, 4) is 0 Å². The third-order valence-corrected chi connectivity index (χ3v) is 5.49. The maximum atomic E-state index is 12.3. The second kappa shape index (κ2) is 6.06. The zero-order valence-corrected chi connectivity index (χ0v) is 14.7. The van der Waals surface area contributed by atoms with Crippen molar-refractivity contribution in [2.75, 3.05) is 0 Å². The van der Waals surface area contributed by atoms with Crippen LogP contribution in [0.1, 0.15) is 22.6 Å². The van der Waals surface area contributed by atoms with Crippen LogP contribution in [0.5, 0.6) is 0 Å². The number of nitrogens with zero attached hydrogens (tertiary/aromatic N) is 1. The molecule has 1 atom stereocenters. The lowest BCUT2D eigenvalue weighted by Crippen LogP contribution is -2.22. The number of amides is 1. The molecule has 1 aliphatic carbocycles. The van der Waals surface area contributed by atoms with Crippen molar-refractivity contribution in [3.63, 3.8) is 0 Å². The number of carbonyl (C=O) groups excluding carboxylic acids is 1. The van der Waals surface area contributed by atoms with Crippen molar-refractivity contribution < 1.29 is 4.79 Å². The lowest BCUT2D eigenvalue weighted by atomic mass is 9.86. The van der Waals surface area contributed by atoms with Gasteiger partial charge in [0, 0.05) is 12.4 Å². The van der Waals surface area contributed by atoms with E-state index in [9.17, 15) is 4.79 Å². The lowest BCUT2D eigenvalue weighted by Gasteiger charge is -2.17. The van der Waals surface area contributed by atoms with Crippen molar-refractivity contribution in [2.45, 2.75) is 12.3 Å². The highest BCUT2D eigenvalue weighted by Crippen LogP contribution is 2.42. The Kier molecular flexibility index (Phi) is 3.54. The van der Waals surface area contributed by atoms with E-state index in [2.05, 4.69) is 59.6 Å². The van der Waals surface area contributed by atoms with E-state index in [1.807, 2.05) is 12.1 Å². The van der Waals surface area contributed by atoms with Crippen LogP contribution in [0.2, 0.25) is 0 Å². The fourth-order valence-electron chi connectivity index (χ4n) is 4.28. The third-order valence-electron chi connectivity index (χ3n) is 5.49. The SMILES string of the molecule is NC(=O)C(C1=CCc2c1ccc1c2ccc2ccccc21)c1cccnc1. The van der Waals surface area contributed by atoms with E-state index in [0.717, 1.165) is 23.1 Å². The number of allylic oxidation sites excluding steroid dienone is 1. The molecule has 3 aromatic carbocycles. The maximum absolute atomic E-state index is 12.3. The van der Waals surface area contributed by atoms with E-state index in [1.165, 1.54) is 27.1 Å². The van der Waals surface area contributed by atoms with Gasteiger partial charge in [0.2, 0.25) is 5.91 Å². The van der Waals surface area contributed by atoms with Gasteiger partial charge in [-0.25, -0.2) is 0 Å². The van der Waals surface area contributed by atoms with Crippen LogP contribution in [-0.2, 0) is 11.2 Å². The molecule has 130 valence electrons. The fourth-order valence-corrected chi connectivity index (χ4v) is 4.28. The molecule has 3 nitrogen and oxygen atoms in total. The number of carbonyl (C=O) groups is 1. The van der Waals surface area contributed by atoms with Crippen LogP contribution in [0, 0.1) is 0 Å². The molecule has 0 fully saturated rings. The average molecular weight is 350 g/mol. The molecule has 1 unspecified atom stereocenters. The predicted octanol–water partition coefficient (Wildman–Crippen LogP) is 4.60. The number of rotatable bonds is 3. The summed E-state index contributed by atoms with van der Waals surface area (Å²) in [5.74, 6) is -0.821. The number of fused-ring (bicyclic) bond motifs is 5. The van der Waals surface area contributed by atoms with Gasteiger partial charge in [0.1, 0.15) is 0 Å². The molecule has 27 heavy (non-hydrogen) atoms. The molecule has 4 aromatic rings. The van der Waals surface area contributed by atoms with Crippen LogP contribution in [0.4, 0.5) is 0 Å². The first-order valence-electron chi connectivity index (χ1n) is 9.07. The Hall–Kier alpha value is -3.46. The second-order valence-corrected chi connectivity index (χ2v) is 6.96. The minimum absolute atomic E-state index is 0.347. The van der Waals surface area contributed by atoms with E-state index in [0.29, 0.717) is 0 Å². The van der Waals surface area contributed by atoms with Gasteiger partial charge in [0.25, 0.3) is 0 Å².